The molecule has 116 valence electrons. The van der Waals surface area contributed by atoms with E-state index in [1.54, 1.807) is 19.1 Å². The Hall–Kier alpha value is -1.15. The minimum absolute atomic E-state index is 0.00881. The summed E-state index contributed by atoms with van der Waals surface area (Å²) in [5.41, 5.74) is 6.26. The number of hydrogen-bond acceptors (Lipinski definition) is 4. The van der Waals surface area contributed by atoms with Crippen molar-refractivity contribution >= 4 is 27.5 Å². The Morgan fingerprint density at radius 2 is 2.19 bits per heavy atom. The van der Waals surface area contributed by atoms with Crippen molar-refractivity contribution in [1.29, 1.82) is 0 Å². The summed E-state index contributed by atoms with van der Waals surface area (Å²) in [6.45, 7) is 2.59. The van der Waals surface area contributed by atoms with E-state index in [1.165, 1.54) is 10.4 Å². The van der Waals surface area contributed by atoms with Crippen LogP contribution in [0.15, 0.2) is 23.1 Å². The molecule has 1 heterocycles. The lowest BCUT2D eigenvalue weighted by atomic mass is 10.2. The van der Waals surface area contributed by atoms with Gasteiger partial charge in [-0.25, -0.2) is 8.42 Å². The fourth-order valence-corrected chi connectivity index (χ4v) is 4.58. The smallest absolute Gasteiger partial charge is 0.245 e. The second-order valence-corrected chi connectivity index (χ2v) is 7.07. The molecule has 1 fully saturated rings. The number of nitrogens with two attached hydrogens (primary N) is 1. The molecule has 0 aliphatic carbocycles. The van der Waals surface area contributed by atoms with Gasteiger partial charge < -0.3 is 11.1 Å². The fourth-order valence-electron chi connectivity index (χ4n) is 2.38. The number of carbonyl (C=O) groups excluding carboxylic acids is 1. The summed E-state index contributed by atoms with van der Waals surface area (Å²) in [6, 6.07) is 3.91. The molecular formula is C13H18ClN3O3S. The molecule has 21 heavy (non-hydrogen) atoms. The molecule has 1 aliphatic heterocycles. The van der Waals surface area contributed by atoms with Crippen molar-refractivity contribution < 1.29 is 13.2 Å². The topological polar surface area (TPSA) is 92.5 Å². The Morgan fingerprint density at radius 1 is 1.48 bits per heavy atom. The van der Waals surface area contributed by atoms with Crippen LogP contribution in [-0.4, -0.2) is 37.8 Å². The zero-order valence-electron chi connectivity index (χ0n) is 11.7. The highest BCUT2D eigenvalue weighted by Crippen LogP contribution is 2.28. The quantitative estimate of drug-likeness (QED) is 0.849. The zero-order chi connectivity index (χ0) is 15.6. The van der Waals surface area contributed by atoms with Crippen molar-refractivity contribution in [3.63, 3.8) is 0 Å². The molecule has 3 N–H and O–H groups in total. The van der Waals surface area contributed by atoms with Crippen LogP contribution in [0.1, 0.15) is 18.9 Å². The van der Waals surface area contributed by atoms with Gasteiger partial charge in [0.05, 0.1) is 5.02 Å². The van der Waals surface area contributed by atoms with Crippen LogP contribution in [0.3, 0.4) is 0 Å². The summed E-state index contributed by atoms with van der Waals surface area (Å²) in [7, 11) is -3.81. The molecule has 6 nitrogen and oxygen atoms in total. The standard InChI is InChI=1S/C13H18ClN3O3S/c1-2-11-13(18)16-5-6-17(11)21(19,20)12-4-3-9(8-15)7-10(12)14/h3-4,7,11H,2,5-6,8,15H2,1H3,(H,16,18). The predicted molar refractivity (Wildman–Crippen MR) is 80.3 cm³/mol. The molecule has 1 amide bonds. The third-order valence-corrected chi connectivity index (χ3v) is 5.88. The number of nitrogens with zero attached hydrogens (tertiary/aromatic N) is 1. The number of benzene rings is 1. The van der Waals surface area contributed by atoms with Crippen molar-refractivity contribution in [1.82, 2.24) is 9.62 Å². The number of piperazine rings is 1. The van der Waals surface area contributed by atoms with E-state index in [0.717, 1.165) is 5.56 Å². The van der Waals surface area contributed by atoms with Gasteiger partial charge in [-0.1, -0.05) is 24.6 Å². The number of sulfonamides is 1. The van der Waals surface area contributed by atoms with E-state index >= 15 is 0 Å². The molecule has 1 unspecified atom stereocenters. The lowest BCUT2D eigenvalue weighted by molar-refractivity contribution is -0.126. The average molecular weight is 332 g/mol. The van der Waals surface area contributed by atoms with Gasteiger partial charge in [0.2, 0.25) is 15.9 Å². The Morgan fingerprint density at radius 3 is 2.76 bits per heavy atom. The lowest BCUT2D eigenvalue weighted by Crippen LogP contribution is -2.56. The van der Waals surface area contributed by atoms with E-state index in [9.17, 15) is 13.2 Å². The Labute approximate surface area is 129 Å². The van der Waals surface area contributed by atoms with Crippen LogP contribution in [0.5, 0.6) is 0 Å². The first-order valence-corrected chi connectivity index (χ1v) is 8.51. The Bertz CT molecular complexity index is 648. The monoisotopic (exact) mass is 331 g/mol. The van der Waals surface area contributed by atoms with E-state index in [0.29, 0.717) is 13.0 Å². The van der Waals surface area contributed by atoms with Crippen molar-refractivity contribution in [2.24, 2.45) is 5.73 Å². The molecular weight excluding hydrogens is 314 g/mol. The highest BCUT2D eigenvalue weighted by molar-refractivity contribution is 7.89. The summed E-state index contributed by atoms with van der Waals surface area (Å²) in [5, 5.41) is 2.80. The van der Waals surface area contributed by atoms with E-state index in [4.69, 9.17) is 17.3 Å². The molecule has 0 bridgehead atoms. The summed E-state index contributed by atoms with van der Waals surface area (Å²) in [4.78, 5) is 11.8. The van der Waals surface area contributed by atoms with E-state index in [1.807, 2.05) is 0 Å². The number of hydrogen-bond donors (Lipinski definition) is 2. The highest BCUT2D eigenvalue weighted by Gasteiger charge is 2.38. The molecule has 2 rings (SSSR count). The molecule has 1 atom stereocenters. The molecule has 1 aromatic rings. The zero-order valence-corrected chi connectivity index (χ0v) is 13.2. The third-order valence-electron chi connectivity index (χ3n) is 3.49. The van der Waals surface area contributed by atoms with E-state index in [-0.39, 0.29) is 28.9 Å². The first kappa shape index (κ1) is 16.2. The number of rotatable bonds is 4. The molecule has 0 aromatic heterocycles. The number of nitrogens with one attached hydrogen (secondary N) is 1. The second-order valence-electron chi connectivity index (χ2n) is 4.80. The Balaban J connectivity index is 2.43. The summed E-state index contributed by atoms with van der Waals surface area (Å²) < 4.78 is 26.7. The molecule has 1 aliphatic rings. The van der Waals surface area contributed by atoms with Crippen molar-refractivity contribution in [3.05, 3.63) is 28.8 Å². The number of carbonyl (C=O) groups is 1. The van der Waals surface area contributed by atoms with Gasteiger partial charge >= 0.3 is 0 Å². The van der Waals surface area contributed by atoms with Crippen molar-refractivity contribution in [2.75, 3.05) is 13.1 Å². The minimum Gasteiger partial charge on any atom is -0.353 e. The van der Waals surface area contributed by atoms with Crippen LogP contribution in [0.4, 0.5) is 0 Å². The van der Waals surface area contributed by atoms with Crippen molar-refractivity contribution in [3.8, 4) is 0 Å². The first-order valence-electron chi connectivity index (χ1n) is 6.69. The van der Waals surface area contributed by atoms with Crippen molar-refractivity contribution in [2.45, 2.75) is 30.8 Å². The van der Waals surface area contributed by atoms with E-state index < -0.39 is 16.1 Å². The van der Waals surface area contributed by atoms with E-state index in [2.05, 4.69) is 5.32 Å². The second kappa shape index (κ2) is 6.31. The largest absolute Gasteiger partial charge is 0.353 e. The van der Waals surface area contributed by atoms with Crippen LogP contribution in [0, 0.1) is 0 Å². The molecule has 0 radical (unpaired) electrons. The first-order chi connectivity index (χ1) is 9.91. The van der Waals surface area contributed by atoms with Crippen LogP contribution in [0.2, 0.25) is 5.02 Å². The maximum absolute atomic E-state index is 12.8. The molecule has 8 heteroatoms. The van der Waals surface area contributed by atoms with Gasteiger partial charge in [0, 0.05) is 19.6 Å². The van der Waals surface area contributed by atoms with Crippen LogP contribution >= 0.6 is 11.6 Å². The number of halogens is 1. The Kier molecular flexibility index (Phi) is 4.88. The van der Waals surface area contributed by atoms with Gasteiger partial charge in [0.25, 0.3) is 0 Å². The predicted octanol–water partition coefficient (Wildman–Crippen LogP) is 0.698. The summed E-state index contributed by atoms with van der Waals surface area (Å²) in [5.74, 6) is -0.276. The maximum atomic E-state index is 12.8. The van der Waals surface area contributed by atoms with Gasteiger partial charge in [-0.05, 0) is 24.1 Å². The SMILES string of the molecule is CCC1C(=O)NCCN1S(=O)(=O)c1ccc(CN)cc1Cl. The lowest BCUT2D eigenvalue weighted by Gasteiger charge is -2.33. The molecule has 1 saturated heterocycles. The third kappa shape index (κ3) is 3.06. The molecule has 0 spiro atoms. The number of amides is 1. The van der Waals surface area contributed by atoms with Crippen LogP contribution in [0.25, 0.3) is 0 Å². The van der Waals surface area contributed by atoms with Gasteiger partial charge in [-0.2, -0.15) is 4.31 Å². The van der Waals surface area contributed by atoms with Gasteiger partial charge in [-0.15, -0.1) is 0 Å². The highest BCUT2D eigenvalue weighted by atomic mass is 35.5. The van der Waals surface area contributed by atoms with Gasteiger partial charge in [0.1, 0.15) is 10.9 Å². The normalized spacial score (nSPS) is 20.3. The summed E-state index contributed by atoms with van der Waals surface area (Å²) in [6.07, 6.45) is 0.406. The van der Waals surface area contributed by atoms with Crippen LogP contribution < -0.4 is 11.1 Å². The minimum atomic E-state index is -3.81. The van der Waals surface area contributed by atoms with Gasteiger partial charge in [-0.3, -0.25) is 4.79 Å². The fraction of sp³-hybridized carbons (Fsp3) is 0.462. The maximum Gasteiger partial charge on any atom is 0.245 e. The molecule has 0 saturated carbocycles. The summed E-state index contributed by atoms with van der Waals surface area (Å²) >= 11 is 6.08. The van der Waals surface area contributed by atoms with Gasteiger partial charge in [0.15, 0.2) is 0 Å². The molecule has 1 aromatic carbocycles. The average Bonchev–Trinajstić information content (AvgIpc) is 2.46. The van der Waals surface area contributed by atoms with Crippen LogP contribution in [-0.2, 0) is 21.4 Å².